The Hall–Kier alpha value is -2.93. The second kappa shape index (κ2) is 8.44. The van der Waals surface area contributed by atoms with Crippen LogP contribution < -0.4 is 5.56 Å². The Labute approximate surface area is 178 Å². The number of hydrogen-bond donors (Lipinski definition) is 1. The van der Waals surface area contributed by atoms with Crippen LogP contribution >= 0.6 is 11.6 Å². The van der Waals surface area contributed by atoms with Crippen LogP contribution in [0.3, 0.4) is 0 Å². The summed E-state index contributed by atoms with van der Waals surface area (Å²) < 4.78 is 0. The van der Waals surface area contributed by atoms with Crippen molar-refractivity contribution in [2.45, 2.75) is 25.7 Å². The van der Waals surface area contributed by atoms with Gasteiger partial charge in [-0.1, -0.05) is 23.7 Å². The van der Waals surface area contributed by atoms with Crippen LogP contribution in [0, 0.1) is 0 Å². The van der Waals surface area contributed by atoms with E-state index in [0.29, 0.717) is 61.7 Å². The predicted octanol–water partition coefficient (Wildman–Crippen LogP) is 2.07. The number of fused-ring (bicyclic) bond motifs is 1. The summed E-state index contributed by atoms with van der Waals surface area (Å²) in [7, 11) is 0. The minimum Gasteiger partial charge on any atom is -0.339 e. The molecule has 8 heteroatoms. The lowest BCUT2D eigenvalue weighted by Gasteiger charge is -2.35. The molecule has 1 saturated heterocycles. The number of aromatic nitrogens is 1. The Kier molecular flexibility index (Phi) is 5.72. The van der Waals surface area contributed by atoms with E-state index in [1.807, 2.05) is 12.1 Å². The third-order valence-electron chi connectivity index (χ3n) is 5.67. The second-order valence-electron chi connectivity index (χ2n) is 7.66. The molecule has 0 spiro atoms. The number of piperazine rings is 1. The molecule has 2 heterocycles. The molecule has 1 aromatic heterocycles. The number of benzene rings is 1. The summed E-state index contributed by atoms with van der Waals surface area (Å²) in [4.78, 5) is 56.0. The Bertz CT molecular complexity index is 1050. The van der Waals surface area contributed by atoms with Crippen molar-refractivity contribution in [1.29, 1.82) is 0 Å². The van der Waals surface area contributed by atoms with E-state index >= 15 is 0 Å². The maximum atomic E-state index is 12.9. The van der Waals surface area contributed by atoms with Gasteiger partial charge in [0.05, 0.1) is 6.42 Å². The van der Waals surface area contributed by atoms with E-state index in [4.69, 9.17) is 11.6 Å². The highest BCUT2D eigenvalue weighted by Crippen LogP contribution is 2.20. The highest BCUT2D eigenvalue weighted by molar-refractivity contribution is 6.30. The molecule has 7 nitrogen and oxygen atoms in total. The molecule has 1 aliphatic heterocycles. The van der Waals surface area contributed by atoms with Crippen LogP contribution in [0.4, 0.5) is 0 Å². The van der Waals surface area contributed by atoms with E-state index in [1.54, 1.807) is 21.9 Å². The molecular weight excluding hydrogens is 406 g/mol. The Morgan fingerprint density at radius 1 is 0.967 bits per heavy atom. The van der Waals surface area contributed by atoms with Crippen LogP contribution in [0.2, 0.25) is 5.02 Å². The van der Waals surface area contributed by atoms with Gasteiger partial charge in [-0.25, -0.2) is 0 Å². The predicted molar refractivity (Wildman–Crippen MR) is 112 cm³/mol. The first kappa shape index (κ1) is 20.3. The summed E-state index contributed by atoms with van der Waals surface area (Å²) in [6, 6.07) is 8.59. The average Bonchev–Trinajstić information content (AvgIpc) is 2.75. The number of aromatic amines is 1. The lowest BCUT2D eigenvalue weighted by molar-refractivity contribution is -0.131. The number of nitrogens with zero attached hydrogens (tertiary/aromatic N) is 2. The zero-order valence-electron chi connectivity index (χ0n) is 16.4. The van der Waals surface area contributed by atoms with Gasteiger partial charge >= 0.3 is 0 Å². The van der Waals surface area contributed by atoms with Crippen molar-refractivity contribution in [3.05, 3.63) is 68.1 Å². The van der Waals surface area contributed by atoms with Gasteiger partial charge in [0.2, 0.25) is 5.91 Å². The molecule has 2 aromatic rings. The van der Waals surface area contributed by atoms with E-state index in [2.05, 4.69) is 4.98 Å². The highest BCUT2D eigenvalue weighted by atomic mass is 35.5. The van der Waals surface area contributed by atoms with Crippen LogP contribution in [0.1, 0.15) is 44.8 Å². The minimum absolute atomic E-state index is 0.00931. The van der Waals surface area contributed by atoms with Crippen LogP contribution in [0.25, 0.3) is 0 Å². The van der Waals surface area contributed by atoms with Gasteiger partial charge in [0.1, 0.15) is 5.56 Å². The third-order valence-corrected chi connectivity index (χ3v) is 5.92. The van der Waals surface area contributed by atoms with Gasteiger partial charge in [0.15, 0.2) is 5.78 Å². The zero-order chi connectivity index (χ0) is 21.3. The summed E-state index contributed by atoms with van der Waals surface area (Å²) >= 11 is 5.88. The molecule has 1 aliphatic carbocycles. The second-order valence-corrected chi connectivity index (χ2v) is 8.09. The van der Waals surface area contributed by atoms with E-state index < -0.39 is 11.5 Å². The lowest BCUT2D eigenvalue weighted by Crippen LogP contribution is -2.51. The number of Topliss-reactive ketones (excluding diaryl/α,β-unsaturated/α-hetero) is 1. The van der Waals surface area contributed by atoms with Crippen molar-refractivity contribution in [3.8, 4) is 0 Å². The van der Waals surface area contributed by atoms with Crippen molar-refractivity contribution in [3.63, 3.8) is 0 Å². The van der Waals surface area contributed by atoms with Crippen molar-refractivity contribution < 1.29 is 14.4 Å². The minimum atomic E-state index is -0.463. The summed E-state index contributed by atoms with van der Waals surface area (Å²) in [5, 5.41) is 0.622. The van der Waals surface area contributed by atoms with Crippen molar-refractivity contribution in [2.24, 2.45) is 0 Å². The molecule has 0 bridgehead atoms. The first-order valence-electron chi connectivity index (χ1n) is 10.0. The summed E-state index contributed by atoms with van der Waals surface area (Å²) in [6.07, 6.45) is 2.05. The molecular formula is C22H22ClN3O4. The molecule has 0 radical (unpaired) electrons. The standard InChI is InChI=1S/C22H22ClN3O4/c23-15-6-4-14(5-7-15)12-20(28)25-8-10-26(11-9-25)22(30)17-13-16-18(24-21(17)29)2-1-3-19(16)27/h4-7,13H,1-3,8-12H2,(H,24,29). The van der Waals surface area contributed by atoms with Crippen LogP contribution in [-0.2, 0) is 17.6 Å². The van der Waals surface area contributed by atoms with E-state index in [-0.39, 0.29) is 23.7 Å². The maximum Gasteiger partial charge on any atom is 0.261 e. The molecule has 0 atom stereocenters. The Morgan fingerprint density at radius 3 is 2.33 bits per heavy atom. The molecule has 1 N–H and O–H groups in total. The van der Waals surface area contributed by atoms with Gasteiger partial charge in [-0.2, -0.15) is 0 Å². The number of aryl methyl sites for hydroxylation is 1. The first-order chi connectivity index (χ1) is 14.4. The molecule has 30 heavy (non-hydrogen) atoms. The van der Waals surface area contributed by atoms with Crippen LogP contribution in [0.15, 0.2) is 35.1 Å². The molecule has 2 amide bonds. The van der Waals surface area contributed by atoms with Crippen molar-refractivity contribution >= 4 is 29.2 Å². The number of nitrogens with one attached hydrogen (secondary N) is 1. The smallest absolute Gasteiger partial charge is 0.261 e. The largest absolute Gasteiger partial charge is 0.339 e. The highest BCUT2D eigenvalue weighted by Gasteiger charge is 2.28. The number of pyridine rings is 1. The Balaban J connectivity index is 1.40. The maximum absolute atomic E-state index is 12.9. The van der Waals surface area contributed by atoms with Gasteiger partial charge in [0, 0.05) is 48.9 Å². The number of halogens is 1. The average molecular weight is 428 g/mol. The lowest BCUT2D eigenvalue weighted by atomic mass is 9.93. The van der Waals surface area contributed by atoms with Gasteiger partial charge in [-0.05, 0) is 36.6 Å². The zero-order valence-corrected chi connectivity index (χ0v) is 17.2. The quantitative estimate of drug-likeness (QED) is 0.811. The molecule has 1 fully saturated rings. The van der Waals surface area contributed by atoms with Crippen molar-refractivity contribution in [1.82, 2.24) is 14.8 Å². The summed E-state index contributed by atoms with van der Waals surface area (Å²) in [5.74, 6) is -0.456. The fraction of sp³-hybridized carbons (Fsp3) is 0.364. The number of H-pyrrole nitrogens is 1. The SMILES string of the molecule is O=C1CCCc2[nH]c(=O)c(C(=O)N3CCN(C(=O)Cc4ccc(Cl)cc4)CC3)cc21. The summed E-state index contributed by atoms with van der Waals surface area (Å²) in [5.41, 5.74) is 1.47. The first-order valence-corrected chi connectivity index (χ1v) is 10.4. The van der Waals surface area contributed by atoms with Crippen LogP contribution in [-0.4, -0.2) is 58.6 Å². The monoisotopic (exact) mass is 427 g/mol. The van der Waals surface area contributed by atoms with E-state index in [0.717, 1.165) is 5.56 Å². The number of amides is 2. The molecule has 1 aromatic carbocycles. The number of carbonyl (C=O) groups is 3. The normalized spacial score (nSPS) is 16.4. The molecule has 0 saturated carbocycles. The fourth-order valence-electron chi connectivity index (χ4n) is 3.95. The fourth-order valence-corrected chi connectivity index (χ4v) is 4.08. The third kappa shape index (κ3) is 4.16. The number of ketones is 1. The van der Waals surface area contributed by atoms with Gasteiger partial charge in [-0.3, -0.25) is 19.2 Å². The van der Waals surface area contributed by atoms with Crippen LogP contribution in [0.5, 0.6) is 0 Å². The Morgan fingerprint density at radius 2 is 1.63 bits per heavy atom. The molecule has 0 unspecified atom stereocenters. The number of hydrogen-bond acceptors (Lipinski definition) is 4. The van der Waals surface area contributed by atoms with Gasteiger partial charge in [-0.15, -0.1) is 0 Å². The number of carbonyl (C=O) groups excluding carboxylic acids is 3. The van der Waals surface area contributed by atoms with Gasteiger partial charge in [0.25, 0.3) is 11.5 Å². The topological polar surface area (TPSA) is 90.5 Å². The number of rotatable bonds is 3. The van der Waals surface area contributed by atoms with E-state index in [9.17, 15) is 19.2 Å². The van der Waals surface area contributed by atoms with Crippen molar-refractivity contribution in [2.75, 3.05) is 26.2 Å². The molecule has 4 rings (SSSR count). The summed E-state index contributed by atoms with van der Waals surface area (Å²) in [6.45, 7) is 1.49. The molecule has 156 valence electrons. The molecule has 2 aliphatic rings. The van der Waals surface area contributed by atoms with E-state index in [1.165, 1.54) is 6.07 Å². The van der Waals surface area contributed by atoms with Gasteiger partial charge < -0.3 is 14.8 Å².